The number of para-hydroxylation sites is 2. The first kappa shape index (κ1) is 19.7. The molecule has 2 N–H and O–H groups in total. The molecule has 0 unspecified atom stereocenters. The maximum absolute atomic E-state index is 12.0. The number of hydrogen-bond acceptors (Lipinski definition) is 4. The third-order valence-electron chi connectivity index (χ3n) is 3.62. The van der Waals surface area contributed by atoms with Gasteiger partial charge in [-0.2, -0.15) is 5.10 Å². The summed E-state index contributed by atoms with van der Waals surface area (Å²) in [6, 6.07) is 14.6. The molecule has 6 heteroatoms. The Balaban J connectivity index is 1.88. The van der Waals surface area contributed by atoms with Gasteiger partial charge in [0.15, 0.2) is 0 Å². The predicted molar refractivity (Wildman–Crippen MR) is 106 cm³/mol. The zero-order valence-electron chi connectivity index (χ0n) is 15.1. The van der Waals surface area contributed by atoms with E-state index in [2.05, 4.69) is 21.8 Å². The largest absolute Gasteiger partial charge is 0.480 e. The lowest BCUT2D eigenvalue weighted by atomic mass is 10.1. The number of carbonyl (C=O) groups excluding carboxylic acids is 2. The highest BCUT2D eigenvalue weighted by molar-refractivity contribution is 6.04. The summed E-state index contributed by atoms with van der Waals surface area (Å²) in [5.74, 6) is 2.03. The van der Waals surface area contributed by atoms with Crippen molar-refractivity contribution < 1.29 is 14.3 Å². The molecule has 0 saturated heterocycles. The van der Waals surface area contributed by atoms with E-state index in [1.807, 2.05) is 31.2 Å². The average Bonchev–Trinajstić information content (AvgIpc) is 2.67. The van der Waals surface area contributed by atoms with Crippen molar-refractivity contribution in [3.05, 3.63) is 59.7 Å². The minimum atomic E-state index is -0.514. The summed E-state index contributed by atoms with van der Waals surface area (Å²) in [6.07, 6.45) is 7.08. The zero-order chi connectivity index (χ0) is 19.5. The van der Waals surface area contributed by atoms with Gasteiger partial charge in [-0.25, -0.2) is 5.43 Å². The van der Waals surface area contributed by atoms with E-state index in [1.165, 1.54) is 6.21 Å². The monoisotopic (exact) mass is 363 g/mol. The number of amides is 2. The minimum absolute atomic E-state index is 0.136. The number of rotatable bonds is 8. The first-order chi connectivity index (χ1) is 13.1. The molecule has 0 atom stereocenters. The molecule has 0 aliphatic carbocycles. The second-order valence-corrected chi connectivity index (χ2v) is 5.56. The Morgan fingerprint density at radius 2 is 1.89 bits per heavy atom. The predicted octanol–water partition coefficient (Wildman–Crippen LogP) is 2.74. The van der Waals surface area contributed by atoms with Crippen molar-refractivity contribution in [1.29, 1.82) is 0 Å². The third kappa shape index (κ3) is 6.33. The molecule has 0 aliphatic rings. The van der Waals surface area contributed by atoms with Crippen molar-refractivity contribution in [2.75, 3.05) is 11.9 Å². The van der Waals surface area contributed by atoms with E-state index in [-0.39, 0.29) is 13.0 Å². The molecule has 0 radical (unpaired) electrons. The normalized spacial score (nSPS) is 10.2. The van der Waals surface area contributed by atoms with Gasteiger partial charge in [0.25, 0.3) is 0 Å². The number of anilines is 1. The molecule has 0 heterocycles. The molecule has 0 fully saturated rings. The van der Waals surface area contributed by atoms with Gasteiger partial charge in [-0.05, 0) is 30.2 Å². The Labute approximate surface area is 158 Å². The van der Waals surface area contributed by atoms with E-state index in [1.54, 1.807) is 24.3 Å². The average molecular weight is 363 g/mol. The fourth-order valence-electron chi connectivity index (χ4n) is 2.34. The van der Waals surface area contributed by atoms with E-state index in [0.717, 1.165) is 12.0 Å². The maximum atomic E-state index is 12.0. The molecule has 27 heavy (non-hydrogen) atoms. The van der Waals surface area contributed by atoms with Crippen LogP contribution < -0.4 is 15.5 Å². The lowest BCUT2D eigenvalue weighted by molar-refractivity contribution is -0.126. The molecule has 2 amide bonds. The van der Waals surface area contributed by atoms with Gasteiger partial charge in [0, 0.05) is 11.3 Å². The van der Waals surface area contributed by atoms with Gasteiger partial charge in [-0.1, -0.05) is 43.2 Å². The molecular formula is C21H21N3O3. The molecule has 6 nitrogen and oxygen atoms in total. The molecule has 0 bridgehead atoms. The number of ether oxygens (including phenoxy) is 1. The number of terminal acetylenes is 1. The standard InChI is InChI=1S/C21H21N3O3/c1-3-13-27-19-12-8-6-10-17(19)15-22-24-21(26)14-20(25)23-18-11-7-5-9-16(18)4-2/h1,5-12,15H,4,13-14H2,2H3,(H,23,25)(H,24,26). The van der Waals surface area contributed by atoms with Crippen molar-refractivity contribution in [3.8, 4) is 18.1 Å². The fraction of sp³-hybridized carbons (Fsp3) is 0.190. The lowest BCUT2D eigenvalue weighted by Crippen LogP contribution is -2.25. The summed E-state index contributed by atoms with van der Waals surface area (Å²) >= 11 is 0. The van der Waals surface area contributed by atoms with Crippen molar-refractivity contribution in [1.82, 2.24) is 5.43 Å². The van der Waals surface area contributed by atoms with Crippen LogP contribution in [-0.4, -0.2) is 24.6 Å². The van der Waals surface area contributed by atoms with Crippen molar-refractivity contribution in [3.63, 3.8) is 0 Å². The van der Waals surface area contributed by atoms with E-state index in [0.29, 0.717) is 17.0 Å². The van der Waals surface area contributed by atoms with Crippen LogP contribution in [0, 0.1) is 12.3 Å². The second kappa shape index (κ2) is 10.4. The van der Waals surface area contributed by atoms with Gasteiger partial charge in [0.2, 0.25) is 11.8 Å². The van der Waals surface area contributed by atoms with Gasteiger partial charge in [-0.15, -0.1) is 6.42 Å². The number of nitrogens with zero attached hydrogens (tertiary/aromatic N) is 1. The van der Waals surface area contributed by atoms with Gasteiger partial charge >= 0.3 is 0 Å². The molecule has 2 rings (SSSR count). The van der Waals surface area contributed by atoms with Crippen LogP contribution in [0.3, 0.4) is 0 Å². The molecule has 0 saturated carbocycles. The quantitative estimate of drug-likeness (QED) is 0.328. The van der Waals surface area contributed by atoms with E-state index < -0.39 is 11.8 Å². The van der Waals surface area contributed by atoms with E-state index >= 15 is 0 Å². The van der Waals surface area contributed by atoms with Crippen LogP contribution >= 0.6 is 0 Å². The number of hydrogen-bond donors (Lipinski definition) is 2. The van der Waals surface area contributed by atoms with E-state index in [4.69, 9.17) is 11.2 Å². The zero-order valence-corrected chi connectivity index (χ0v) is 15.1. The molecule has 0 aliphatic heterocycles. The van der Waals surface area contributed by atoms with Crippen LogP contribution in [0.25, 0.3) is 0 Å². The molecule has 0 aromatic heterocycles. The first-order valence-electron chi connectivity index (χ1n) is 8.49. The molecule has 0 spiro atoms. The summed E-state index contributed by atoms with van der Waals surface area (Å²) < 4.78 is 5.39. The number of nitrogens with one attached hydrogen (secondary N) is 2. The Bertz CT molecular complexity index is 869. The van der Waals surface area contributed by atoms with Gasteiger partial charge < -0.3 is 10.1 Å². The third-order valence-corrected chi connectivity index (χ3v) is 3.62. The molecule has 2 aromatic carbocycles. The smallest absolute Gasteiger partial charge is 0.249 e. The Kier molecular flexibility index (Phi) is 7.61. The maximum Gasteiger partial charge on any atom is 0.249 e. The molecule has 138 valence electrons. The SMILES string of the molecule is C#CCOc1ccccc1C=NNC(=O)CC(=O)Nc1ccccc1CC. The minimum Gasteiger partial charge on any atom is -0.480 e. The van der Waals surface area contributed by atoms with Gasteiger partial charge in [-0.3, -0.25) is 9.59 Å². The number of aryl methyl sites for hydroxylation is 1. The number of hydrazone groups is 1. The Morgan fingerprint density at radius 3 is 2.67 bits per heavy atom. The van der Waals surface area contributed by atoms with Gasteiger partial charge in [0.1, 0.15) is 18.8 Å². The highest BCUT2D eigenvalue weighted by Crippen LogP contribution is 2.16. The topological polar surface area (TPSA) is 79.8 Å². The number of carbonyl (C=O) groups is 2. The van der Waals surface area contributed by atoms with E-state index in [9.17, 15) is 9.59 Å². The van der Waals surface area contributed by atoms with Crippen molar-refractivity contribution >= 4 is 23.7 Å². The highest BCUT2D eigenvalue weighted by Gasteiger charge is 2.10. The summed E-state index contributed by atoms with van der Waals surface area (Å²) in [7, 11) is 0. The molecule has 2 aromatic rings. The Hall–Kier alpha value is -3.59. The van der Waals surface area contributed by atoms with Crippen LogP contribution in [0.15, 0.2) is 53.6 Å². The fourth-order valence-corrected chi connectivity index (χ4v) is 2.34. The van der Waals surface area contributed by atoms with Crippen molar-refractivity contribution in [2.24, 2.45) is 5.10 Å². The van der Waals surface area contributed by atoms with Gasteiger partial charge in [0.05, 0.1) is 6.21 Å². The second-order valence-electron chi connectivity index (χ2n) is 5.56. The van der Waals surface area contributed by atoms with Crippen LogP contribution in [0.5, 0.6) is 5.75 Å². The summed E-state index contributed by atoms with van der Waals surface area (Å²) in [4.78, 5) is 23.9. The highest BCUT2D eigenvalue weighted by atomic mass is 16.5. The summed E-state index contributed by atoms with van der Waals surface area (Å²) in [5.41, 5.74) is 4.71. The van der Waals surface area contributed by atoms with Crippen LogP contribution in [-0.2, 0) is 16.0 Å². The van der Waals surface area contributed by atoms with Crippen LogP contribution in [0.2, 0.25) is 0 Å². The Morgan fingerprint density at radius 1 is 1.15 bits per heavy atom. The summed E-state index contributed by atoms with van der Waals surface area (Å²) in [6.45, 7) is 2.13. The summed E-state index contributed by atoms with van der Waals surface area (Å²) in [5, 5.41) is 6.61. The lowest BCUT2D eigenvalue weighted by Gasteiger charge is -2.09. The van der Waals surface area contributed by atoms with Crippen LogP contribution in [0.1, 0.15) is 24.5 Å². The number of benzene rings is 2. The molecular weight excluding hydrogens is 342 g/mol. The van der Waals surface area contributed by atoms with Crippen LogP contribution in [0.4, 0.5) is 5.69 Å². The first-order valence-corrected chi connectivity index (χ1v) is 8.49. The van der Waals surface area contributed by atoms with Crippen molar-refractivity contribution in [2.45, 2.75) is 19.8 Å².